The molecule has 0 aromatic carbocycles. The summed E-state index contributed by atoms with van der Waals surface area (Å²) in [6.45, 7) is 6.17. The Bertz CT molecular complexity index is 640. The molecule has 2 aromatic heterocycles. The first-order chi connectivity index (χ1) is 12.2. The van der Waals surface area contributed by atoms with Gasteiger partial charge in [-0.25, -0.2) is 0 Å². The number of aromatic nitrogens is 3. The molecule has 0 aliphatic rings. The van der Waals surface area contributed by atoms with Crippen LogP contribution in [0.15, 0.2) is 12.1 Å². The fraction of sp³-hybridized carbons (Fsp3) is 0.684. The Morgan fingerprint density at radius 2 is 1.80 bits per heavy atom. The number of rotatable bonds is 12. The number of pyridine rings is 1. The maximum Gasteiger partial charge on any atom is 0.162 e. The molecule has 1 unspecified atom stereocenters. The van der Waals surface area contributed by atoms with Gasteiger partial charge < -0.3 is 10.6 Å². The summed E-state index contributed by atoms with van der Waals surface area (Å²) in [5.74, 6) is 2.39. The molecule has 5 nitrogen and oxygen atoms in total. The minimum atomic E-state index is 0.435. The molecular weight excluding hydrogens is 334 g/mol. The highest BCUT2D eigenvalue weighted by atomic mass is 35.5. The second kappa shape index (κ2) is 10.6. The van der Waals surface area contributed by atoms with E-state index in [1.54, 1.807) is 0 Å². The van der Waals surface area contributed by atoms with E-state index in [4.69, 9.17) is 11.6 Å². The summed E-state index contributed by atoms with van der Waals surface area (Å²) in [5.41, 5.74) is 0.864. The number of likely N-dealkylation sites (N-methyl/N-ethyl adjacent to an activating group) is 1. The summed E-state index contributed by atoms with van der Waals surface area (Å²) in [7, 11) is 1.95. The van der Waals surface area contributed by atoms with E-state index in [0.29, 0.717) is 10.9 Å². The number of anilines is 1. The van der Waals surface area contributed by atoms with Gasteiger partial charge >= 0.3 is 0 Å². The van der Waals surface area contributed by atoms with Crippen LogP contribution in [-0.2, 0) is 0 Å². The summed E-state index contributed by atoms with van der Waals surface area (Å²) in [6, 6.07) is 3.85. The second-order valence-electron chi connectivity index (χ2n) is 6.65. The summed E-state index contributed by atoms with van der Waals surface area (Å²) in [4.78, 5) is 0. The van der Waals surface area contributed by atoms with E-state index in [-0.39, 0.29) is 0 Å². The van der Waals surface area contributed by atoms with Gasteiger partial charge in [0.1, 0.15) is 11.6 Å². The number of halogens is 1. The van der Waals surface area contributed by atoms with Crippen LogP contribution in [0.2, 0.25) is 5.02 Å². The highest BCUT2D eigenvalue weighted by Crippen LogP contribution is 2.31. The van der Waals surface area contributed by atoms with E-state index in [1.807, 2.05) is 19.2 Å². The zero-order chi connectivity index (χ0) is 18.1. The van der Waals surface area contributed by atoms with Crippen molar-refractivity contribution in [1.29, 1.82) is 0 Å². The molecule has 0 saturated carbocycles. The molecule has 2 heterocycles. The number of hydrogen-bond acceptors (Lipinski definition) is 4. The van der Waals surface area contributed by atoms with Gasteiger partial charge in [-0.05, 0) is 32.0 Å². The van der Waals surface area contributed by atoms with Crippen LogP contribution in [0, 0.1) is 0 Å². The average Bonchev–Trinajstić information content (AvgIpc) is 3.04. The third-order valence-electron chi connectivity index (χ3n) is 4.64. The van der Waals surface area contributed by atoms with Crippen molar-refractivity contribution in [3.8, 4) is 0 Å². The van der Waals surface area contributed by atoms with Crippen molar-refractivity contribution >= 4 is 23.1 Å². The Kier molecular flexibility index (Phi) is 8.49. The van der Waals surface area contributed by atoms with Gasteiger partial charge in [0.2, 0.25) is 0 Å². The number of hydrogen-bond donors (Lipinski definition) is 2. The summed E-state index contributed by atoms with van der Waals surface area (Å²) in [6.07, 6.45) is 8.49. The molecule has 2 N–H and O–H groups in total. The summed E-state index contributed by atoms with van der Waals surface area (Å²) < 4.78 is 2.13. The number of nitrogens with zero attached hydrogens (tertiary/aromatic N) is 3. The topological polar surface area (TPSA) is 54.2 Å². The van der Waals surface area contributed by atoms with Gasteiger partial charge in [-0.2, -0.15) is 0 Å². The Hall–Kier alpha value is -1.33. The first kappa shape index (κ1) is 20.0. The normalized spacial score (nSPS) is 12.6. The maximum atomic E-state index is 6.49. The van der Waals surface area contributed by atoms with E-state index in [1.165, 1.54) is 32.1 Å². The standard InChI is InChI=1S/C19H32ClN5/c1-4-6-8-10-15(9-7-5-2)18-24-23-17-12-11-16(20)19(25(17)18)22-14-13-21-3/h11-12,15,21-22H,4-10,13-14H2,1-3H3. The Balaban J connectivity index is 2.34. The quantitative estimate of drug-likeness (QED) is 0.527. The smallest absolute Gasteiger partial charge is 0.162 e. The van der Waals surface area contributed by atoms with Crippen molar-refractivity contribution in [2.75, 3.05) is 25.5 Å². The van der Waals surface area contributed by atoms with E-state index < -0.39 is 0 Å². The van der Waals surface area contributed by atoms with Crippen molar-refractivity contribution in [2.45, 2.75) is 64.7 Å². The molecule has 0 spiro atoms. The SMILES string of the molecule is CCCCCC(CCCC)c1nnc2ccc(Cl)c(NCCNC)n12. The van der Waals surface area contributed by atoms with Crippen LogP contribution in [0.4, 0.5) is 5.82 Å². The Labute approximate surface area is 156 Å². The van der Waals surface area contributed by atoms with Crippen LogP contribution in [0.25, 0.3) is 5.65 Å². The first-order valence-electron chi connectivity index (χ1n) is 9.64. The summed E-state index contributed by atoms with van der Waals surface area (Å²) in [5, 5.41) is 16.3. The second-order valence-corrected chi connectivity index (χ2v) is 7.05. The van der Waals surface area contributed by atoms with Crippen LogP contribution in [0.3, 0.4) is 0 Å². The average molecular weight is 366 g/mol. The lowest BCUT2D eigenvalue weighted by Gasteiger charge is -2.18. The molecular formula is C19H32ClN5. The van der Waals surface area contributed by atoms with E-state index in [2.05, 4.69) is 39.1 Å². The molecule has 0 aliphatic carbocycles. The van der Waals surface area contributed by atoms with Crippen LogP contribution < -0.4 is 10.6 Å². The van der Waals surface area contributed by atoms with Crippen LogP contribution in [-0.4, -0.2) is 34.7 Å². The molecule has 0 amide bonds. The van der Waals surface area contributed by atoms with Gasteiger partial charge in [-0.3, -0.25) is 4.40 Å². The van der Waals surface area contributed by atoms with Gasteiger partial charge in [-0.1, -0.05) is 57.6 Å². The first-order valence-corrected chi connectivity index (χ1v) is 10.0. The van der Waals surface area contributed by atoms with Crippen molar-refractivity contribution in [1.82, 2.24) is 19.9 Å². The molecule has 2 aromatic rings. The van der Waals surface area contributed by atoms with Crippen molar-refractivity contribution in [3.63, 3.8) is 0 Å². The minimum absolute atomic E-state index is 0.435. The molecule has 1 atom stereocenters. The summed E-state index contributed by atoms with van der Waals surface area (Å²) >= 11 is 6.49. The van der Waals surface area contributed by atoms with Crippen LogP contribution in [0.5, 0.6) is 0 Å². The molecule has 6 heteroatoms. The fourth-order valence-electron chi connectivity index (χ4n) is 3.21. The van der Waals surface area contributed by atoms with Gasteiger partial charge in [0, 0.05) is 19.0 Å². The Morgan fingerprint density at radius 1 is 1.04 bits per heavy atom. The zero-order valence-electron chi connectivity index (χ0n) is 15.8. The predicted molar refractivity (Wildman–Crippen MR) is 107 cm³/mol. The van der Waals surface area contributed by atoms with E-state index in [9.17, 15) is 0 Å². The highest BCUT2D eigenvalue weighted by Gasteiger charge is 2.20. The molecule has 140 valence electrons. The monoisotopic (exact) mass is 365 g/mol. The third-order valence-corrected chi connectivity index (χ3v) is 4.94. The Morgan fingerprint density at radius 3 is 2.52 bits per heavy atom. The van der Waals surface area contributed by atoms with Crippen LogP contribution in [0.1, 0.15) is 70.5 Å². The lowest BCUT2D eigenvalue weighted by atomic mass is 9.94. The fourth-order valence-corrected chi connectivity index (χ4v) is 3.42. The number of nitrogens with one attached hydrogen (secondary N) is 2. The van der Waals surface area contributed by atoms with Crippen molar-refractivity contribution in [3.05, 3.63) is 23.0 Å². The number of unbranched alkanes of at least 4 members (excludes halogenated alkanes) is 3. The van der Waals surface area contributed by atoms with Gasteiger partial charge in [0.25, 0.3) is 0 Å². The third kappa shape index (κ3) is 5.32. The minimum Gasteiger partial charge on any atom is -0.369 e. The number of fused-ring (bicyclic) bond motifs is 1. The lowest BCUT2D eigenvalue weighted by Crippen LogP contribution is -2.19. The highest BCUT2D eigenvalue weighted by molar-refractivity contribution is 6.33. The van der Waals surface area contributed by atoms with Crippen molar-refractivity contribution < 1.29 is 0 Å². The van der Waals surface area contributed by atoms with Crippen LogP contribution >= 0.6 is 11.6 Å². The van der Waals surface area contributed by atoms with Gasteiger partial charge in [0.05, 0.1) is 5.02 Å². The molecule has 0 bridgehead atoms. The predicted octanol–water partition coefficient (Wildman–Crippen LogP) is 4.87. The molecule has 0 radical (unpaired) electrons. The van der Waals surface area contributed by atoms with Gasteiger partial charge in [-0.15, -0.1) is 10.2 Å². The van der Waals surface area contributed by atoms with Gasteiger partial charge in [0.15, 0.2) is 5.65 Å². The molecule has 0 aliphatic heterocycles. The van der Waals surface area contributed by atoms with Crippen molar-refractivity contribution in [2.24, 2.45) is 0 Å². The molecule has 0 fully saturated rings. The lowest BCUT2D eigenvalue weighted by molar-refractivity contribution is 0.492. The zero-order valence-corrected chi connectivity index (χ0v) is 16.6. The van der Waals surface area contributed by atoms with E-state index >= 15 is 0 Å². The largest absolute Gasteiger partial charge is 0.369 e. The molecule has 25 heavy (non-hydrogen) atoms. The molecule has 0 saturated heterocycles. The maximum absolute atomic E-state index is 6.49. The molecule has 2 rings (SSSR count). The van der Waals surface area contributed by atoms with E-state index in [0.717, 1.165) is 43.2 Å².